The molecule has 2 aromatic rings. The van der Waals surface area contributed by atoms with Crippen molar-refractivity contribution in [3.8, 4) is 0 Å². The van der Waals surface area contributed by atoms with Crippen LogP contribution < -0.4 is 10.0 Å². The summed E-state index contributed by atoms with van der Waals surface area (Å²) in [7, 11) is -3.63. The fourth-order valence-corrected chi connectivity index (χ4v) is 4.04. The molecule has 1 atom stereocenters. The van der Waals surface area contributed by atoms with Crippen LogP contribution in [0.25, 0.3) is 0 Å². The average Bonchev–Trinajstić information content (AvgIpc) is 3.04. The predicted octanol–water partition coefficient (Wildman–Crippen LogP) is 2.71. The Morgan fingerprint density at radius 2 is 1.96 bits per heavy atom. The maximum absolute atomic E-state index is 13.8. The molecule has 136 valence electrons. The molecule has 3 rings (SSSR count). The van der Waals surface area contributed by atoms with Crippen molar-refractivity contribution in [3.05, 3.63) is 77.6 Å². The van der Waals surface area contributed by atoms with Gasteiger partial charge in [-0.25, -0.2) is 17.5 Å². The first-order chi connectivity index (χ1) is 12.4. The van der Waals surface area contributed by atoms with Crippen molar-refractivity contribution in [1.82, 2.24) is 10.0 Å². The topological polar surface area (TPSA) is 75.3 Å². The van der Waals surface area contributed by atoms with Gasteiger partial charge in [0.15, 0.2) is 0 Å². The standard InChI is InChI=1S/C19H19FN2O3S/c1-2-12-21-26(24,25)14-8-6-13(7-9-14)19(23)22-18-11-10-15-16(18)4-3-5-17(15)20/h2-9,18,21H,1,10-12H2,(H,22,23). The van der Waals surface area contributed by atoms with Crippen LogP contribution in [0.4, 0.5) is 4.39 Å². The third-order valence-electron chi connectivity index (χ3n) is 4.36. The minimum absolute atomic E-state index is 0.0733. The normalized spacial score (nSPS) is 16.1. The van der Waals surface area contributed by atoms with E-state index >= 15 is 0 Å². The van der Waals surface area contributed by atoms with Crippen LogP contribution in [0.3, 0.4) is 0 Å². The van der Waals surface area contributed by atoms with E-state index in [0.29, 0.717) is 24.0 Å². The SMILES string of the molecule is C=CCNS(=O)(=O)c1ccc(C(=O)NC2CCc3c(F)cccc32)cc1. The van der Waals surface area contributed by atoms with Gasteiger partial charge in [0.05, 0.1) is 10.9 Å². The molecule has 1 aliphatic rings. The van der Waals surface area contributed by atoms with Crippen LogP contribution in [0, 0.1) is 5.82 Å². The van der Waals surface area contributed by atoms with Gasteiger partial charge in [-0.2, -0.15) is 0 Å². The van der Waals surface area contributed by atoms with Crippen molar-refractivity contribution in [2.75, 3.05) is 6.54 Å². The Bertz CT molecular complexity index is 940. The van der Waals surface area contributed by atoms with E-state index in [9.17, 15) is 17.6 Å². The minimum atomic E-state index is -3.63. The molecule has 0 saturated carbocycles. The molecule has 1 unspecified atom stereocenters. The number of halogens is 1. The number of fused-ring (bicyclic) bond motifs is 1. The number of hydrogen-bond donors (Lipinski definition) is 2. The molecule has 26 heavy (non-hydrogen) atoms. The zero-order valence-electron chi connectivity index (χ0n) is 14.0. The van der Waals surface area contributed by atoms with Crippen LogP contribution in [-0.2, 0) is 16.4 Å². The quantitative estimate of drug-likeness (QED) is 0.764. The van der Waals surface area contributed by atoms with Crippen molar-refractivity contribution in [3.63, 3.8) is 0 Å². The van der Waals surface area contributed by atoms with Crippen molar-refractivity contribution >= 4 is 15.9 Å². The number of rotatable bonds is 6. The Hall–Kier alpha value is -2.51. The summed E-state index contributed by atoms with van der Waals surface area (Å²) in [6.07, 6.45) is 2.67. The highest BCUT2D eigenvalue weighted by atomic mass is 32.2. The lowest BCUT2D eigenvalue weighted by atomic mass is 10.1. The summed E-state index contributed by atoms with van der Waals surface area (Å²) in [6, 6.07) is 10.3. The maximum atomic E-state index is 13.8. The highest BCUT2D eigenvalue weighted by Crippen LogP contribution is 2.32. The first-order valence-electron chi connectivity index (χ1n) is 8.21. The second-order valence-electron chi connectivity index (χ2n) is 6.04. The fraction of sp³-hybridized carbons (Fsp3) is 0.211. The number of carbonyl (C=O) groups is 1. The number of amides is 1. The molecular formula is C19H19FN2O3S. The molecule has 0 fully saturated rings. The summed E-state index contributed by atoms with van der Waals surface area (Å²) in [4.78, 5) is 12.5. The van der Waals surface area contributed by atoms with Gasteiger partial charge in [0.1, 0.15) is 5.82 Å². The van der Waals surface area contributed by atoms with Crippen molar-refractivity contribution in [1.29, 1.82) is 0 Å². The van der Waals surface area contributed by atoms with Crippen LogP contribution >= 0.6 is 0 Å². The Balaban J connectivity index is 1.72. The molecule has 0 heterocycles. The van der Waals surface area contributed by atoms with Gasteiger partial charge in [-0.05, 0) is 54.3 Å². The van der Waals surface area contributed by atoms with Crippen LogP contribution in [0.15, 0.2) is 60.0 Å². The fourth-order valence-electron chi connectivity index (χ4n) is 3.04. The second-order valence-corrected chi connectivity index (χ2v) is 7.80. The van der Waals surface area contributed by atoms with Crippen LogP contribution in [0.1, 0.15) is 33.9 Å². The monoisotopic (exact) mass is 374 g/mol. The maximum Gasteiger partial charge on any atom is 0.251 e. The first kappa shape index (κ1) is 18.3. The third-order valence-corrected chi connectivity index (χ3v) is 5.80. The molecule has 7 heteroatoms. The molecule has 0 spiro atoms. The Morgan fingerprint density at radius 3 is 2.65 bits per heavy atom. The number of sulfonamides is 1. The zero-order chi connectivity index (χ0) is 18.7. The number of carbonyl (C=O) groups excluding carboxylic acids is 1. The van der Waals surface area contributed by atoms with Crippen molar-refractivity contribution in [2.45, 2.75) is 23.8 Å². The first-order valence-corrected chi connectivity index (χ1v) is 9.69. The van der Waals surface area contributed by atoms with E-state index in [1.165, 1.54) is 36.4 Å². The smallest absolute Gasteiger partial charge is 0.251 e. The summed E-state index contributed by atoms with van der Waals surface area (Å²) in [5.41, 5.74) is 1.79. The van der Waals surface area contributed by atoms with E-state index in [1.807, 2.05) is 6.07 Å². The molecule has 1 aliphatic carbocycles. The van der Waals surface area contributed by atoms with Gasteiger partial charge < -0.3 is 5.32 Å². The molecule has 0 aliphatic heterocycles. The van der Waals surface area contributed by atoms with E-state index in [4.69, 9.17) is 0 Å². The lowest BCUT2D eigenvalue weighted by Gasteiger charge is -2.14. The van der Waals surface area contributed by atoms with Gasteiger partial charge in [0.25, 0.3) is 5.91 Å². The molecule has 0 radical (unpaired) electrons. The van der Waals surface area contributed by atoms with Gasteiger partial charge in [0.2, 0.25) is 10.0 Å². The average molecular weight is 374 g/mol. The zero-order valence-corrected chi connectivity index (χ0v) is 14.9. The lowest BCUT2D eigenvalue weighted by Crippen LogP contribution is -2.27. The van der Waals surface area contributed by atoms with E-state index in [1.54, 1.807) is 6.07 Å². The van der Waals surface area contributed by atoms with E-state index < -0.39 is 10.0 Å². The van der Waals surface area contributed by atoms with Crippen LogP contribution in [0.2, 0.25) is 0 Å². The van der Waals surface area contributed by atoms with Gasteiger partial charge >= 0.3 is 0 Å². The number of nitrogens with one attached hydrogen (secondary N) is 2. The molecule has 0 aromatic heterocycles. The van der Waals surface area contributed by atoms with Crippen molar-refractivity contribution in [2.24, 2.45) is 0 Å². The number of hydrogen-bond acceptors (Lipinski definition) is 3. The van der Waals surface area contributed by atoms with Gasteiger partial charge in [-0.1, -0.05) is 18.2 Å². The van der Waals surface area contributed by atoms with Gasteiger partial charge in [0, 0.05) is 12.1 Å². The van der Waals surface area contributed by atoms with Gasteiger partial charge in [-0.3, -0.25) is 4.79 Å². The van der Waals surface area contributed by atoms with Crippen molar-refractivity contribution < 1.29 is 17.6 Å². The van der Waals surface area contributed by atoms with Crippen LogP contribution in [-0.4, -0.2) is 20.9 Å². The van der Waals surface area contributed by atoms with E-state index in [-0.39, 0.29) is 29.2 Å². The molecule has 1 amide bonds. The second kappa shape index (κ2) is 7.39. The molecule has 2 aromatic carbocycles. The van der Waals surface area contributed by atoms with Gasteiger partial charge in [-0.15, -0.1) is 6.58 Å². The summed E-state index contributed by atoms with van der Waals surface area (Å²) in [6.45, 7) is 3.59. The Kier molecular flexibility index (Phi) is 5.20. The largest absolute Gasteiger partial charge is 0.345 e. The molecular weight excluding hydrogens is 355 g/mol. The summed E-state index contributed by atoms with van der Waals surface area (Å²) in [5.74, 6) is -0.573. The summed E-state index contributed by atoms with van der Waals surface area (Å²) < 4.78 is 40.2. The third kappa shape index (κ3) is 3.68. The molecule has 2 N–H and O–H groups in total. The van der Waals surface area contributed by atoms with E-state index in [2.05, 4.69) is 16.6 Å². The predicted molar refractivity (Wildman–Crippen MR) is 96.8 cm³/mol. The summed E-state index contributed by atoms with van der Waals surface area (Å²) in [5, 5.41) is 2.89. The Labute approximate surface area is 152 Å². The Morgan fingerprint density at radius 1 is 1.23 bits per heavy atom. The molecule has 0 bridgehead atoms. The number of benzene rings is 2. The summed E-state index contributed by atoms with van der Waals surface area (Å²) >= 11 is 0. The molecule has 5 nitrogen and oxygen atoms in total. The van der Waals surface area contributed by atoms with E-state index in [0.717, 1.165) is 5.56 Å². The lowest BCUT2D eigenvalue weighted by molar-refractivity contribution is 0.0936. The molecule has 0 saturated heterocycles. The minimum Gasteiger partial charge on any atom is -0.345 e. The highest BCUT2D eigenvalue weighted by molar-refractivity contribution is 7.89. The van der Waals surface area contributed by atoms with Crippen LogP contribution in [0.5, 0.6) is 0 Å². The highest BCUT2D eigenvalue weighted by Gasteiger charge is 2.26.